The SMILES string of the molecule is CCCCCCCCCCCCCCCCCCCCCCCCCCCCCCCCCCCCCCCCCC(=O)NC(CO)C(O)CCCCCCCCCCCCCCCCCCCC. The number of hydrogen-bond donors (Lipinski definition) is 3. The van der Waals surface area contributed by atoms with E-state index in [9.17, 15) is 15.0 Å². The molecule has 414 valence electrons. The van der Waals surface area contributed by atoms with Crippen molar-refractivity contribution in [2.24, 2.45) is 0 Å². The summed E-state index contributed by atoms with van der Waals surface area (Å²) in [6.07, 6.45) is 80.1. The Balaban J connectivity index is 3.32. The van der Waals surface area contributed by atoms with Crippen LogP contribution >= 0.6 is 0 Å². The maximum Gasteiger partial charge on any atom is 0.220 e. The van der Waals surface area contributed by atoms with Gasteiger partial charge < -0.3 is 15.5 Å². The largest absolute Gasteiger partial charge is 0.394 e. The molecular formula is C65H131NO3. The van der Waals surface area contributed by atoms with Gasteiger partial charge in [-0.1, -0.05) is 373 Å². The van der Waals surface area contributed by atoms with E-state index in [4.69, 9.17) is 0 Å². The van der Waals surface area contributed by atoms with E-state index in [1.807, 2.05) is 0 Å². The van der Waals surface area contributed by atoms with Crippen LogP contribution in [0.2, 0.25) is 0 Å². The number of carbonyl (C=O) groups excluding carboxylic acids is 1. The first-order chi connectivity index (χ1) is 34.2. The number of aliphatic hydroxyl groups excluding tert-OH is 2. The van der Waals surface area contributed by atoms with Gasteiger partial charge in [-0.3, -0.25) is 4.79 Å². The second-order valence-electron chi connectivity index (χ2n) is 22.9. The number of carbonyl (C=O) groups is 1. The van der Waals surface area contributed by atoms with Gasteiger partial charge in [0.1, 0.15) is 0 Å². The van der Waals surface area contributed by atoms with Gasteiger partial charge in [0.25, 0.3) is 0 Å². The number of rotatable bonds is 62. The van der Waals surface area contributed by atoms with Crippen molar-refractivity contribution >= 4 is 5.91 Å². The summed E-state index contributed by atoms with van der Waals surface area (Å²) in [5, 5.41) is 23.4. The highest BCUT2D eigenvalue weighted by atomic mass is 16.3. The van der Waals surface area contributed by atoms with Crippen LogP contribution in [-0.4, -0.2) is 34.9 Å². The summed E-state index contributed by atoms with van der Waals surface area (Å²) in [5.74, 6) is -0.0209. The average molecular weight is 975 g/mol. The molecule has 3 N–H and O–H groups in total. The number of hydrogen-bond acceptors (Lipinski definition) is 3. The summed E-state index contributed by atoms with van der Waals surface area (Å²) in [4.78, 5) is 12.5. The van der Waals surface area contributed by atoms with Crippen LogP contribution in [0.4, 0.5) is 0 Å². The maximum absolute atomic E-state index is 12.5. The quantitative estimate of drug-likeness (QED) is 0.0532. The van der Waals surface area contributed by atoms with Crippen LogP contribution < -0.4 is 5.32 Å². The molecule has 2 atom stereocenters. The standard InChI is InChI=1S/C65H131NO3/c1-3-5-7-9-11-13-15-17-19-21-23-24-25-26-27-28-29-30-31-32-33-34-35-36-37-38-39-40-41-42-43-45-47-49-51-53-55-57-59-61-65(69)66-63(62-67)64(68)60-58-56-54-52-50-48-46-44-22-20-18-16-14-12-10-8-6-4-2/h63-64,67-68H,3-62H2,1-2H3,(H,66,69). The first kappa shape index (κ1) is 68.4. The molecule has 4 nitrogen and oxygen atoms in total. The van der Waals surface area contributed by atoms with Gasteiger partial charge >= 0.3 is 0 Å². The van der Waals surface area contributed by atoms with Crippen molar-refractivity contribution in [1.29, 1.82) is 0 Å². The minimum atomic E-state index is -0.655. The molecule has 0 heterocycles. The van der Waals surface area contributed by atoms with Crippen molar-refractivity contribution in [3.8, 4) is 0 Å². The molecule has 0 aromatic carbocycles. The highest BCUT2D eigenvalue weighted by molar-refractivity contribution is 5.76. The van der Waals surface area contributed by atoms with Crippen LogP contribution in [0.5, 0.6) is 0 Å². The molecule has 0 fully saturated rings. The third-order valence-electron chi connectivity index (χ3n) is 15.9. The van der Waals surface area contributed by atoms with Gasteiger partial charge in [-0.05, 0) is 12.8 Å². The van der Waals surface area contributed by atoms with Crippen LogP contribution in [0.3, 0.4) is 0 Å². The van der Waals surface area contributed by atoms with Crippen molar-refractivity contribution < 1.29 is 15.0 Å². The van der Waals surface area contributed by atoms with E-state index in [2.05, 4.69) is 19.2 Å². The van der Waals surface area contributed by atoms with Gasteiger partial charge in [-0.2, -0.15) is 0 Å². The minimum Gasteiger partial charge on any atom is -0.394 e. The number of nitrogens with one attached hydrogen (secondary N) is 1. The van der Waals surface area contributed by atoms with Gasteiger partial charge in [-0.15, -0.1) is 0 Å². The first-order valence-corrected chi connectivity index (χ1v) is 32.7. The molecule has 2 unspecified atom stereocenters. The Kier molecular flexibility index (Phi) is 61.1. The summed E-state index contributed by atoms with van der Waals surface area (Å²) in [7, 11) is 0. The topological polar surface area (TPSA) is 69.6 Å². The Morgan fingerprint density at radius 3 is 0.652 bits per heavy atom. The fourth-order valence-corrected chi connectivity index (χ4v) is 10.9. The van der Waals surface area contributed by atoms with Crippen LogP contribution in [0.1, 0.15) is 393 Å². The normalized spacial score (nSPS) is 12.6. The number of amides is 1. The zero-order chi connectivity index (χ0) is 49.9. The van der Waals surface area contributed by atoms with Crippen molar-refractivity contribution in [3.63, 3.8) is 0 Å². The molecular weight excluding hydrogens is 843 g/mol. The van der Waals surface area contributed by atoms with Crippen molar-refractivity contribution in [3.05, 3.63) is 0 Å². The Morgan fingerprint density at radius 2 is 0.464 bits per heavy atom. The molecule has 0 aromatic rings. The molecule has 0 spiro atoms. The molecule has 4 heteroatoms. The van der Waals surface area contributed by atoms with Gasteiger partial charge in [0.2, 0.25) is 5.91 Å². The van der Waals surface area contributed by atoms with Crippen molar-refractivity contribution in [1.82, 2.24) is 5.32 Å². The fourth-order valence-electron chi connectivity index (χ4n) is 10.9. The molecule has 0 saturated carbocycles. The first-order valence-electron chi connectivity index (χ1n) is 32.7. The van der Waals surface area contributed by atoms with E-state index in [1.165, 1.54) is 340 Å². The van der Waals surface area contributed by atoms with Crippen LogP contribution in [0.25, 0.3) is 0 Å². The molecule has 0 bridgehead atoms. The monoisotopic (exact) mass is 974 g/mol. The van der Waals surface area contributed by atoms with E-state index in [0.29, 0.717) is 12.8 Å². The third kappa shape index (κ3) is 58.2. The van der Waals surface area contributed by atoms with Gasteiger partial charge in [0.05, 0.1) is 18.8 Å². The lowest BCUT2D eigenvalue weighted by atomic mass is 10.0. The Labute approximate surface area is 435 Å². The van der Waals surface area contributed by atoms with E-state index in [0.717, 1.165) is 25.7 Å². The zero-order valence-corrected chi connectivity index (χ0v) is 47.9. The summed E-state index contributed by atoms with van der Waals surface area (Å²) in [5.41, 5.74) is 0. The minimum absolute atomic E-state index is 0.0209. The maximum atomic E-state index is 12.5. The molecule has 69 heavy (non-hydrogen) atoms. The molecule has 0 aliphatic rings. The van der Waals surface area contributed by atoms with E-state index < -0.39 is 12.1 Å². The van der Waals surface area contributed by atoms with Crippen molar-refractivity contribution in [2.75, 3.05) is 6.61 Å². The van der Waals surface area contributed by atoms with Gasteiger partial charge in [-0.25, -0.2) is 0 Å². The van der Waals surface area contributed by atoms with Crippen LogP contribution in [-0.2, 0) is 4.79 Å². The smallest absolute Gasteiger partial charge is 0.220 e. The lowest BCUT2D eigenvalue weighted by Crippen LogP contribution is -2.45. The van der Waals surface area contributed by atoms with Gasteiger partial charge in [0.15, 0.2) is 0 Å². The van der Waals surface area contributed by atoms with Crippen LogP contribution in [0, 0.1) is 0 Å². The molecule has 0 saturated heterocycles. The van der Waals surface area contributed by atoms with Crippen LogP contribution in [0.15, 0.2) is 0 Å². The third-order valence-corrected chi connectivity index (χ3v) is 15.9. The molecule has 0 rings (SSSR count). The highest BCUT2D eigenvalue weighted by Crippen LogP contribution is 2.20. The molecule has 1 amide bonds. The predicted molar refractivity (Wildman–Crippen MR) is 309 cm³/mol. The van der Waals surface area contributed by atoms with Gasteiger partial charge in [0, 0.05) is 6.42 Å². The summed E-state index contributed by atoms with van der Waals surface area (Å²) in [6, 6.07) is -0.532. The lowest BCUT2D eigenvalue weighted by Gasteiger charge is -2.22. The Morgan fingerprint density at radius 1 is 0.290 bits per heavy atom. The summed E-state index contributed by atoms with van der Waals surface area (Å²) < 4.78 is 0. The molecule has 0 radical (unpaired) electrons. The van der Waals surface area contributed by atoms with E-state index in [1.54, 1.807) is 0 Å². The van der Waals surface area contributed by atoms with Crippen molar-refractivity contribution in [2.45, 2.75) is 405 Å². The fraction of sp³-hybridized carbons (Fsp3) is 0.985. The molecule has 0 aromatic heterocycles. The summed E-state index contributed by atoms with van der Waals surface area (Å²) in [6.45, 7) is 4.41. The second kappa shape index (κ2) is 61.7. The number of aliphatic hydroxyl groups is 2. The zero-order valence-electron chi connectivity index (χ0n) is 47.9. The summed E-state index contributed by atoms with van der Waals surface area (Å²) >= 11 is 0. The average Bonchev–Trinajstić information content (AvgIpc) is 3.35. The Hall–Kier alpha value is -0.610. The number of unbranched alkanes of at least 4 members (excludes halogenated alkanes) is 55. The van der Waals surface area contributed by atoms with E-state index >= 15 is 0 Å². The molecule has 0 aliphatic heterocycles. The van der Waals surface area contributed by atoms with E-state index in [-0.39, 0.29) is 12.5 Å². The second-order valence-corrected chi connectivity index (χ2v) is 22.9. The highest BCUT2D eigenvalue weighted by Gasteiger charge is 2.20. The lowest BCUT2D eigenvalue weighted by molar-refractivity contribution is -0.123. The molecule has 0 aliphatic carbocycles. The predicted octanol–water partition coefficient (Wildman–Crippen LogP) is 21.9. The Bertz CT molecular complexity index is 925.